The van der Waals surface area contributed by atoms with E-state index in [9.17, 15) is 8.60 Å². The third kappa shape index (κ3) is 3.47. The van der Waals surface area contributed by atoms with Crippen LogP contribution >= 0.6 is 23.2 Å². The zero-order chi connectivity index (χ0) is 14.0. The van der Waals surface area contributed by atoms with Crippen LogP contribution in [-0.2, 0) is 16.6 Å². The first kappa shape index (κ1) is 14.3. The van der Waals surface area contributed by atoms with E-state index < -0.39 is 16.6 Å². The lowest BCUT2D eigenvalue weighted by Gasteiger charge is -2.07. The maximum atomic E-state index is 13.1. The van der Waals surface area contributed by atoms with Crippen molar-refractivity contribution in [2.75, 3.05) is 5.73 Å². The molecule has 2 nitrogen and oxygen atoms in total. The summed E-state index contributed by atoms with van der Waals surface area (Å²) >= 11 is 11.7. The van der Waals surface area contributed by atoms with Gasteiger partial charge in [0.15, 0.2) is 0 Å². The minimum atomic E-state index is -1.36. The maximum absolute atomic E-state index is 13.1. The van der Waals surface area contributed by atoms with Gasteiger partial charge in [0, 0.05) is 10.6 Å². The molecule has 0 aliphatic rings. The third-order valence-corrected chi connectivity index (χ3v) is 4.64. The number of nitrogen functional groups attached to an aromatic ring is 1. The van der Waals surface area contributed by atoms with Crippen molar-refractivity contribution >= 4 is 39.7 Å². The van der Waals surface area contributed by atoms with Gasteiger partial charge in [-0.1, -0.05) is 23.2 Å². The van der Waals surface area contributed by atoms with Crippen LogP contribution in [0.5, 0.6) is 0 Å². The van der Waals surface area contributed by atoms with Crippen LogP contribution in [0.25, 0.3) is 0 Å². The second-order valence-electron chi connectivity index (χ2n) is 3.91. The van der Waals surface area contributed by atoms with E-state index in [2.05, 4.69) is 0 Å². The molecule has 6 heteroatoms. The molecule has 0 heterocycles. The van der Waals surface area contributed by atoms with E-state index in [1.165, 1.54) is 24.3 Å². The summed E-state index contributed by atoms with van der Waals surface area (Å²) in [4.78, 5) is 0.526. The molecule has 0 aliphatic carbocycles. The molecule has 19 heavy (non-hydrogen) atoms. The minimum absolute atomic E-state index is 0.127. The number of rotatable bonds is 3. The molecule has 0 amide bonds. The summed E-state index contributed by atoms with van der Waals surface area (Å²) in [6.07, 6.45) is 0. The smallest absolute Gasteiger partial charge is 0.123 e. The van der Waals surface area contributed by atoms with Gasteiger partial charge >= 0.3 is 0 Å². The molecule has 0 bridgehead atoms. The fraction of sp³-hybridized carbons (Fsp3) is 0.0769. The van der Waals surface area contributed by atoms with Crippen molar-refractivity contribution in [3.63, 3.8) is 0 Å². The molecule has 0 fully saturated rings. The summed E-state index contributed by atoms with van der Waals surface area (Å²) in [5.41, 5.74) is 6.64. The van der Waals surface area contributed by atoms with Crippen molar-refractivity contribution in [2.24, 2.45) is 0 Å². The molecule has 2 N–H and O–H groups in total. The Labute approximate surface area is 122 Å². The molecule has 100 valence electrons. The molecule has 2 rings (SSSR count). The van der Waals surface area contributed by atoms with E-state index in [1.54, 1.807) is 12.1 Å². The monoisotopic (exact) mass is 317 g/mol. The Morgan fingerprint density at radius 2 is 1.84 bits per heavy atom. The van der Waals surface area contributed by atoms with Gasteiger partial charge in [-0.2, -0.15) is 0 Å². The fourth-order valence-electron chi connectivity index (χ4n) is 1.54. The summed E-state index contributed by atoms with van der Waals surface area (Å²) < 4.78 is 25.3. The minimum Gasteiger partial charge on any atom is -0.398 e. The summed E-state index contributed by atoms with van der Waals surface area (Å²) in [6.45, 7) is 0. The highest BCUT2D eigenvalue weighted by atomic mass is 35.5. The number of anilines is 1. The van der Waals surface area contributed by atoms with E-state index in [0.717, 1.165) is 0 Å². The third-order valence-electron chi connectivity index (χ3n) is 2.55. The quantitative estimate of drug-likeness (QED) is 0.869. The first-order valence-corrected chi connectivity index (χ1v) is 7.42. The molecule has 0 radical (unpaired) electrons. The van der Waals surface area contributed by atoms with Gasteiger partial charge in [-0.15, -0.1) is 0 Å². The SMILES string of the molecule is Nc1ccc(F)cc1CS(=O)c1ccc(Cl)c(Cl)c1. The number of hydrogen-bond donors (Lipinski definition) is 1. The number of halogens is 3. The summed E-state index contributed by atoms with van der Waals surface area (Å²) in [7, 11) is -1.36. The van der Waals surface area contributed by atoms with Gasteiger partial charge in [-0.05, 0) is 42.0 Å². The molecule has 0 aliphatic heterocycles. The fourth-order valence-corrected chi connectivity index (χ4v) is 3.07. The van der Waals surface area contributed by atoms with Crippen molar-refractivity contribution < 1.29 is 8.60 Å². The summed E-state index contributed by atoms with van der Waals surface area (Å²) in [5.74, 6) is -0.281. The molecule has 1 atom stereocenters. The van der Waals surface area contributed by atoms with Gasteiger partial charge in [0.2, 0.25) is 0 Å². The topological polar surface area (TPSA) is 43.1 Å². The lowest BCUT2D eigenvalue weighted by atomic mass is 10.2. The maximum Gasteiger partial charge on any atom is 0.123 e. The molecule has 0 saturated heterocycles. The molecule has 0 aromatic heterocycles. The van der Waals surface area contributed by atoms with Crippen molar-refractivity contribution in [2.45, 2.75) is 10.6 Å². The van der Waals surface area contributed by atoms with Gasteiger partial charge in [-0.25, -0.2) is 4.39 Å². The van der Waals surface area contributed by atoms with Gasteiger partial charge in [-0.3, -0.25) is 4.21 Å². The number of benzene rings is 2. The van der Waals surface area contributed by atoms with Crippen LogP contribution in [0.4, 0.5) is 10.1 Å². The highest BCUT2D eigenvalue weighted by Gasteiger charge is 2.10. The standard InChI is InChI=1S/C13H10Cl2FNOS/c14-11-3-2-10(6-12(11)15)19(18)7-8-5-9(16)1-4-13(8)17/h1-6H,7,17H2. The van der Waals surface area contributed by atoms with Crippen molar-refractivity contribution in [3.05, 3.63) is 57.8 Å². The molecular weight excluding hydrogens is 308 g/mol. The van der Waals surface area contributed by atoms with Gasteiger partial charge < -0.3 is 5.73 Å². The lowest BCUT2D eigenvalue weighted by Crippen LogP contribution is -2.01. The average Bonchev–Trinajstić information content (AvgIpc) is 2.37. The van der Waals surface area contributed by atoms with Gasteiger partial charge in [0.1, 0.15) is 5.82 Å². The number of hydrogen-bond acceptors (Lipinski definition) is 2. The molecule has 0 spiro atoms. The normalized spacial score (nSPS) is 12.4. The Kier molecular flexibility index (Phi) is 4.45. The molecule has 2 aromatic rings. The Bertz CT molecular complexity index is 649. The lowest BCUT2D eigenvalue weighted by molar-refractivity contribution is 0.626. The highest BCUT2D eigenvalue weighted by molar-refractivity contribution is 7.84. The van der Waals surface area contributed by atoms with E-state index in [4.69, 9.17) is 28.9 Å². The van der Waals surface area contributed by atoms with Crippen molar-refractivity contribution in [1.82, 2.24) is 0 Å². The Morgan fingerprint density at radius 3 is 2.53 bits per heavy atom. The van der Waals surface area contributed by atoms with Crippen LogP contribution in [-0.4, -0.2) is 4.21 Å². The molecule has 2 aromatic carbocycles. The zero-order valence-corrected chi connectivity index (χ0v) is 12.0. The second-order valence-corrected chi connectivity index (χ2v) is 6.17. The summed E-state index contributed by atoms with van der Waals surface area (Å²) in [5, 5.41) is 0.729. The van der Waals surface area contributed by atoms with Crippen LogP contribution in [0.15, 0.2) is 41.3 Å². The highest BCUT2D eigenvalue weighted by Crippen LogP contribution is 2.26. The van der Waals surface area contributed by atoms with Crippen LogP contribution < -0.4 is 5.73 Å². The van der Waals surface area contributed by atoms with Crippen LogP contribution in [0.1, 0.15) is 5.56 Å². The second kappa shape index (κ2) is 5.90. The number of nitrogens with two attached hydrogens (primary N) is 1. The van der Waals surface area contributed by atoms with Gasteiger partial charge in [0.05, 0.1) is 26.6 Å². The average molecular weight is 318 g/mol. The predicted octanol–water partition coefficient (Wildman–Crippen LogP) is 4.02. The Morgan fingerprint density at radius 1 is 1.11 bits per heavy atom. The first-order valence-electron chi connectivity index (χ1n) is 5.34. The largest absolute Gasteiger partial charge is 0.398 e. The van der Waals surface area contributed by atoms with E-state index in [-0.39, 0.29) is 5.75 Å². The van der Waals surface area contributed by atoms with Crippen molar-refractivity contribution in [1.29, 1.82) is 0 Å². The molecular formula is C13H10Cl2FNOS. The predicted molar refractivity (Wildman–Crippen MR) is 77.4 cm³/mol. The molecule has 0 saturated carbocycles. The summed E-state index contributed by atoms with van der Waals surface area (Å²) in [6, 6.07) is 8.74. The molecule has 1 unspecified atom stereocenters. The van der Waals surface area contributed by atoms with E-state index in [0.29, 0.717) is 26.2 Å². The Hall–Kier alpha value is -1.10. The zero-order valence-electron chi connectivity index (χ0n) is 9.70. The van der Waals surface area contributed by atoms with Crippen LogP contribution in [0, 0.1) is 5.82 Å². The van der Waals surface area contributed by atoms with E-state index >= 15 is 0 Å². The van der Waals surface area contributed by atoms with Crippen LogP contribution in [0.2, 0.25) is 10.0 Å². The van der Waals surface area contributed by atoms with Crippen molar-refractivity contribution in [3.8, 4) is 0 Å². The van der Waals surface area contributed by atoms with Gasteiger partial charge in [0.25, 0.3) is 0 Å². The van der Waals surface area contributed by atoms with Crippen LogP contribution in [0.3, 0.4) is 0 Å². The first-order chi connectivity index (χ1) is 8.97. The Balaban J connectivity index is 2.25. The van der Waals surface area contributed by atoms with E-state index in [1.807, 2.05) is 0 Å².